The molecule has 2 aromatic rings. The Kier molecular flexibility index (Phi) is 3.79. The molecule has 0 fully saturated rings. The first kappa shape index (κ1) is 13.5. The third-order valence-corrected chi connectivity index (χ3v) is 3.93. The van der Waals surface area contributed by atoms with Crippen molar-refractivity contribution in [2.45, 2.75) is 27.3 Å². The van der Waals surface area contributed by atoms with Gasteiger partial charge in [0.1, 0.15) is 0 Å². The first-order valence-electron chi connectivity index (χ1n) is 6.62. The van der Waals surface area contributed by atoms with Crippen LogP contribution in [0.3, 0.4) is 0 Å². The van der Waals surface area contributed by atoms with E-state index in [4.69, 9.17) is 5.73 Å². The Hall–Kier alpha value is -1.96. The van der Waals surface area contributed by atoms with Crippen molar-refractivity contribution in [2.75, 3.05) is 17.7 Å². The molecule has 2 rings (SSSR count). The highest BCUT2D eigenvalue weighted by Crippen LogP contribution is 2.25. The lowest BCUT2D eigenvalue weighted by Crippen LogP contribution is -2.18. The van der Waals surface area contributed by atoms with Crippen LogP contribution in [-0.4, -0.2) is 7.05 Å². The summed E-state index contributed by atoms with van der Waals surface area (Å²) in [5.41, 5.74) is 13.4. The molecule has 0 bridgehead atoms. The summed E-state index contributed by atoms with van der Waals surface area (Å²) >= 11 is 0. The van der Waals surface area contributed by atoms with Crippen LogP contribution >= 0.6 is 0 Å². The number of anilines is 2. The number of hydrogen-bond donors (Lipinski definition) is 1. The van der Waals surface area contributed by atoms with E-state index in [1.54, 1.807) is 0 Å². The predicted octanol–water partition coefficient (Wildman–Crippen LogP) is 3.83. The van der Waals surface area contributed by atoms with Crippen molar-refractivity contribution in [3.8, 4) is 0 Å². The molecule has 0 saturated heterocycles. The van der Waals surface area contributed by atoms with Crippen molar-refractivity contribution in [1.29, 1.82) is 0 Å². The van der Waals surface area contributed by atoms with Crippen molar-refractivity contribution in [3.05, 3.63) is 58.7 Å². The lowest BCUT2D eigenvalue weighted by molar-refractivity contribution is 0.911. The Morgan fingerprint density at radius 1 is 0.947 bits per heavy atom. The Morgan fingerprint density at radius 3 is 2.32 bits per heavy atom. The maximum atomic E-state index is 6.03. The largest absolute Gasteiger partial charge is 0.397 e. The van der Waals surface area contributed by atoms with E-state index in [-0.39, 0.29) is 0 Å². The standard InChI is InChI=1S/C17H22N2/c1-12-9-10-15(14(3)13(12)2)11-19(4)17-8-6-5-7-16(17)18/h5-10H,11,18H2,1-4H3. The summed E-state index contributed by atoms with van der Waals surface area (Å²) in [7, 11) is 2.08. The third kappa shape index (κ3) is 2.73. The van der Waals surface area contributed by atoms with Crippen molar-refractivity contribution >= 4 is 11.4 Å². The lowest BCUT2D eigenvalue weighted by atomic mass is 9.98. The molecule has 2 nitrogen and oxygen atoms in total. The van der Waals surface area contributed by atoms with Crippen molar-refractivity contribution in [1.82, 2.24) is 0 Å². The van der Waals surface area contributed by atoms with Gasteiger partial charge in [-0.05, 0) is 55.2 Å². The molecule has 2 aromatic carbocycles. The number of rotatable bonds is 3. The van der Waals surface area contributed by atoms with E-state index in [9.17, 15) is 0 Å². The molecule has 0 aliphatic heterocycles. The maximum absolute atomic E-state index is 6.03. The number of benzene rings is 2. The maximum Gasteiger partial charge on any atom is 0.0600 e. The highest BCUT2D eigenvalue weighted by atomic mass is 15.1. The van der Waals surface area contributed by atoms with Crippen LogP contribution in [0.15, 0.2) is 36.4 Å². The molecule has 0 unspecified atom stereocenters. The zero-order chi connectivity index (χ0) is 14.0. The summed E-state index contributed by atoms with van der Waals surface area (Å²) in [5, 5.41) is 0. The molecule has 2 N–H and O–H groups in total. The van der Waals surface area contributed by atoms with Crippen molar-refractivity contribution in [2.24, 2.45) is 0 Å². The van der Waals surface area contributed by atoms with Crippen LogP contribution in [-0.2, 0) is 6.54 Å². The zero-order valence-corrected chi connectivity index (χ0v) is 12.2. The molecular formula is C17H22N2. The van der Waals surface area contributed by atoms with Crippen LogP contribution in [0.4, 0.5) is 11.4 Å². The van der Waals surface area contributed by atoms with Gasteiger partial charge in [0.15, 0.2) is 0 Å². The molecule has 0 saturated carbocycles. The van der Waals surface area contributed by atoms with Gasteiger partial charge in [0.25, 0.3) is 0 Å². The second kappa shape index (κ2) is 5.35. The lowest BCUT2D eigenvalue weighted by Gasteiger charge is -2.23. The number of aryl methyl sites for hydroxylation is 1. The van der Waals surface area contributed by atoms with Crippen LogP contribution in [0.2, 0.25) is 0 Å². The van der Waals surface area contributed by atoms with E-state index in [2.05, 4.69) is 50.9 Å². The summed E-state index contributed by atoms with van der Waals surface area (Å²) < 4.78 is 0. The van der Waals surface area contributed by atoms with Gasteiger partial charge < -0.3 is 10.6 Å². The molecule has 0 spiro atoms. The fraction of sp³-hybridized carbons (Fsp3) is 0.294. The first-order valence-corrected chi connectivity index (χ1v) is 6.62. The zero-order valence-electron chi connectivity index (χ0n) is 12.2. The molecule has 0 aliphatic carbocycles. The molecule has 0 radical (unpaired) electrons. The minimum Gasteiger partial charge on any atom is -0.397 e. The van der Waals surface area contributed by atoms with Crippen molar-refractivity contribution in [3.63, 3.8) is 0 Å². The fourth-order valence-electron chi connectivity index (χ4n) is 2.36. The van der Waals surface area contributed by atoms with Crippen LogP contribution in [0.5, 0.6) is 0 Å². The Bertz CT molecular complexity index is 588. The van der Waals surface area contributed by atoms with Crippen LogP contribution in [0, 0.1) is 20.8 Å². The number of nitrogens with two attached hydrogens (primary N) is 1. The van der Waals surface area contributed by atoms with Gasteiger partial charge in [0, 0.05) is 13.6 Å². The summed E-state index contributed by atoms with van der Waals surface area (Å²) in [6.07, 6.45) is 0. The quantitative estimate of drug-likeness (QED) is 0.843. The van der Waals surface area contributed by atoms with Crippen molar-refractivity contribution < 1.29 is 0 Å². The average molecular weight is 254 g/mol. The van der Waals surface area contributed by atoms with Gasteiger partial charge in [-0.25, -0.2) is 0 Å². The molecule has 0 aliphatic rings. The Morgan fingerprint density at radius 2 is 1.63 bits per heavy atom. The highest BCUT2D eigenvalue weighted by molar-refractivity contribution is 5.67. The summed E-state index contributed by atoms with van der Waals surface area (Å²) in [5.74, 6) is 0. The first-order chi connectivity index (χ1) is 9.00. The minimum atomic E-state index is 0.825. The van der Waals surface area contributed by atoms with Gasteiger partial charge in [-0.2, -0.15) is 0 Å². The number of nitrogens with zero attached hydrogens (tertiary/aromatic N) is 1. The smallest absolute Gasteiger partial charge is 0.0600 e. The highest BCUT2D eigenvalue weighted by Gasteiger charge is 2.09. The van der Waals surface area contributed by atoms with Gasteiger partial charge in [0.2, 0.25) is 0 Å². The molecular weight excluding hydrogens is 232 g/mol. The number of hydrogen-bond acceptors (Lipinski definition) is 2. The van der Waals surface area contributed by atoms with Crippen LogP contribution in [0.25, 0.3) is 0 Å². The topological polar surface area (TPSA) is 29.3 Å². The molecule has 0 aromatic heterocycles. The van der Waals surface area contributed by atoms with E-state index in [0.717, 1.165) is 17.9 Å². The number of para-hydroxylation sites is 2. The van der Waals surface area contributed by atoms with Gasteiger partial charge >= 0.3 is 0 Å². The molecule has 100 valence electrons. The van der Waals surface area contributed by atoms with E-state index in [1.807, 2.05) is 18.2 Å². The molecule has 0 atom stereocenters. The average Bonchev–Trinajstić information content (AvgIpc) is 2.40. The molecule has 0 amide bonds. The normalized spacial score (nSPS) is 10.5. The number of nitrogen functional groups attached to an aromatic ring is 1. The monoisotopic (exact) mass is 254 g/mol. The summed E-state index contributed by atoms with van der Waals surface area (Å²) in [6.45, 7) is 7.41. The van der Waals surface area contributed by atoms with E-state index >= 15 is 0 Å². The Labute approximate surface area is 115 Å². The molecule has 19 heavy (non-hydrogen) atoms. The third-order valence-electron chi connectivity index (χ3n) is 3.93. The minimum absolute atomic E-state index is 0.825. The Balaban J connectivity index is 2.27. The van der Waals surface area contributed by atoms with Crippen LogP contribution < -0.4 is 10.6 Å². The van der Waals surface area contributed by atoms with E-state index < -0.39 is 0 Å². The van der Waals surface area contributed by atoms with Gasteiger partial charge in [-0.1, -0.05) is 24.3 Å². The summed E-state index contributed by atoms with van der Waals surface area (Å²) in [4.78, 5) is 2.20. The van der Waals surface area contributed by atoms with Gasteiger partial charge in [-0.15, -0.1) is 0 Å². The van der Waals surface area contributed by atoms with Gasteiger partial charge in [0.05, 0.1) is 11.4 Å². The fourth-order valence-corrected chi connectivity index (χ4v) is 2.36. The van der Waals surface area contributed by atoms with E-state index in [1.165, 1.54) is 22.3 Å². The molecule has 2 heteroatoms. The summed E-state index contributed by atoms with van der Waals surface area (Å²) in [6, 6.07) is 12.4. The van der Waals surface area contributed by atoms with Crippen LogP contribution in [0.1, 0.15) is 22.3 Å². The second-order valence-corrected chi connectivity index (χ2v) is 5.21. The van der Waals surface area contributed by atoms with E-state index in [0.29, 0.717) is 0 Å². The van der Waals surface area contributed by atoms with Gasteiger partial charge in [-0.3, -0.25) is 0 Å². The SMILES string of the molecule is Cc1ccc(CN(C)c2ccccc2N)c(C)c1C. The molecule has 0 heterocycles. The second-order valence-electron chi connectivity index (χ2n) is 5.21. The predicted molar refractivity (Wildman–Crippen MR) is 83.6 cm³/mol.